The van der Waals surface area contributed by atoms with E-state index in [0.29, 0.717) is 28.2 Å². The molecule has 3 aromatic heterocycles. The first kappa shape index (κ1) is 13.6. The van der Waals surface area contributed by atoms with Crippen LogP contribution in [0.25, 0.3) is 17.3 Å². The molecule has 7 nitrogen and oxygen atoms in total. The summed E-state index contributed by atoms with van der Waals surface area (Å²) in [4.78, 5) is 16.9. The first-order valence-electron chi connectivity index (χ1n) is 6.26. The number of pyridine rings is 1. The maximum atomic E-state index is 5.96. The summed E-state index contributed by atoms with van der Waals surface area (Å²) >= 11 is 5.85. The molecule has 0 aliphatic carbocycles. The Hall–Kier alpha value is -2.38. The lowest BCUT2D eigenvalue weighted by Gasteiger charge is -2.06. The topological polar surface area (TPSA) is 95.4 Å². The predicted octanol–water partition coefficient (Wildman–Crippen LogP) is 1.79. The van der Waals surface area contributed by atoms with E-state index in [2.05, 4.69) is 25.0 Å². The normalized spacial score (nSPS) is 12.3. The highest BCUT2D eigenvalue weighted by atomic mass is 35.5. The Labute approximate surface area is 125 Å². The van der Waals surface area contributed by atoms with Crippen LogP contribution in [0.15, 0.2) is 36.9 Å². The van der Waals surface area contributed by atoms with Crippen molar-refractivity contribution >= 4 is 11.6 Å². The molecule has 0 spiro atoms. The van der Waals surface area contributed by atoms with Gasteiger partial charge in [-0.25, -0.2) is 15.0 Å². The standard InChI is InChI=1S/C13H12ClN7/c1-8(15)13-19-12(10-7-16-4-5-17-10)20-21(13)11-3-2-9(14)6-18-11/h2-8H,15H2,1H3. The second-order valence-electron chi connectivity index (χ2n) is 4.42. The molecule has 1 atom stereocenters. The van der Waals surface area contributed by atoms with Crippen molar-refractivity contribution in [2.24, 2.45) is 5.73 Å². The lowest BCUT2D eigenvalue weighted by atomic mass is 10.3. The molecule has 0 saturated heterocycles. The molecule has 0 fully saturated rings. The van der Waals surface area contributed by atoms with Gasteiger partial charge in [-0.05, 0) is 19.1 Å². The van der Waals surface area contributed by atoms with Gasteiger partial charge in [-0.2, -0.15) is 4.68 Å². The third-order valence-electron chi connectivity index (χ3n) is 2.76. The van der Waals surface area contributed by atoms with Crippen molar-refractivity contribution in [1.29, 1.82) is 0 Å². The third-order valence-corrected chi connectivity index (χ3v) is 2.98. The summed E-state index contributed by atoms with van der Waals surface area (Å²) in [6, 6.07) is 3.18. The Morgan fingerprint density at radius 2 is 2.05 bits per heavy atom. The van der Waals surface area contributed by atoms with Crippen molar-refractivity contribution < 1.29 is 0 Å². The van der Waals surface area contributed by atoms with Gasteiger partial charge in [0.05, 0.1) is 17.3 Å². The van der Waals surface area contributed by atoms with E-state index in [9.17, 15) is 0 Å². The van der Waals surface area contributed by atoms with Crippen molar-refractivity contribution in [2.45, 2.75) is 13.0 Å². The molecule has 0 saturated carbocycles. The van der Waals surface area contributed by atoms with Crippen LogP contribution in [0.3, 0.4) is 0 Å². The average Bonchev–Trinajstić information content (AvgIpc) is 2.94. The van der Waals surface area contributed by atoms with Crippen molar-refractivity contribution in [3.05, 3.63) is 47.8 Å². The fourth-order valence-electron chi connectivity index (χ4n) is 1.80. The largest absolute Gasteiger partial charge is 0.322 e. The van der Waals surface area contributed by atoms with Crippen molar-refractivity contribution in [3.63, 3.8) is 0 Å². The second kappa shape index (κ2) is 5.55. The Morgan fingerprint density at radius 3 is 2.67 bits per heavy atom. The van der Waals surface area contributed by atoms with Crippen LogP contribution < -0.4 is 5.73 Å². The van der Waals surface area contributed by atoms with Crippen LogP contribution in [0.5, 0.6) is 0 Å². The van der Waals surface area contributed by atoms with Gasteiger partial charge < -0.3 is 5.73 Å². The molecule has 3 aromatic rings. The first-order chi connectivity index (χ1) is 10.1. The van der Waals surface area contributed by atoms with Gasteiger partial charge in [0.1, 0.15) is 5.69 Å². The highest BCUT2D eigenvalue weighted by molar-refractivity contribution is 6.30. The summed E-state index contributed by atoms with van der Waals surface area (Å²) in [6.45, 7) is 1.83. The molecule has 1 unspecified atom stereocenters. The number of halogens is 1. The molecular formula is C13H12ClN7. The maximum absolute atomic E-state index is 5.96. The lowest BCUT2D eigenvalue weighted by Crippen LogP contribution is -2.14. The van der Waals surface area contributed by atoms with E-state index in [1.807, 2.05) is 6.92 Å². The smallest absolute Gasteiger partial charge is 0.202 e. The van der Waals surface area contributed by atoms with E-state index in [1.165, 1.54) is 0 Å². The van der Waals surface area contributed by atoms with Gasteiger partial charge in [-0.15, -0.1) is 5.10 Å². The molecule has 0 aromatic carbocycles. The van der Waals surface area contributed by atoms with Crippen molar-refractivity contribution in [1.82, 2.24) is 29.7 Å². The number of hydrogen-bond acceptors (Lipinski definition) is 6. The van der Waals surface area contributed by atoms with E-state index in [0.717, 1.165) is 0 Å². The fourth-order valence-corrected chi connectivity index (χ4v) is 1.92. The van der Waals surface area contributed by atoms with Gasteiger partial charge in [0.25, 0.3) is 0 Å². The molecule has 0 aliphatic heterocycles. The highest BCUT2D eigenvalue weighted by Crippen LogP contribution is 2.19. The minimum Gasteiger partial charge on any atom is -0.322 e. The molecule has 3 rings (SSSR count). The van der Waals surface area contributed by atoms with Gasteiger partial charge in [0, 0.05) is 18.6 Å². The maximum Gasteiger partial charge on any atom is 0.202 e. The molecule has 2 N–H and O–H groups in total. The molecule has 0 amide bonds. The van der Waals surface area contributed by atoms with Crippen LogP contribution in [0.1, 0.15) is 18.8 Å². The van der Waals surface area contributed by atoms with Crippen LogP contribution in [0, 0.1) is 0 Å². The zero-order valence-electron chi connectivity index (χ0n) is 11.2. The quantitative estimate of drug-likeness (QED) is 0.792. The van der Waals surface area contributed by atoms with E-state index in [4.69, 9.17) is 17.3 Å². The van der Waals surface area contributed by atoms with Crippen molar-refractivity contribution in [2.75, 3.05) is 0 Å². The minimum atomic E-state index is -0.305. The molecule has 0 aliphatic rings. The summed E-state index contributed by atoms with van der Waals surface area (Å²) in [5, 5.41) is 4.97. The second-order valence-corrected chi connectivity index (χ2v) is 4.86. The van der Waals surface area contributed by atoms with E-state index >= 15 is 0 Å². The molecule has 0 bridgehead atoms. The highest BCUT2D eigenvalue weighted by Gasteiger charge is 2.17. The third kappa shape index (κ3) is 2.74. The van der Waals surface area contributed by atoms with E-state index < -0.39 is 0 Å². The van der Waals surface area contributed by atoms with E-state index in [-0.39, 0.29) is 6.04 Å². The molecule has 106 valence electrons. The summed E-state index contributed by atoms with van der Waals surface area (Å²) in [6.07, 6.45) is 6.32. The fraction of sp³-hybridized carbons (Fsp3) is 0.154. The molecular weight excluding hydrogens is 290 g/mol. The molecule has 21 heavy (non-hydrogen) atoms. The Morgan fingerprint density at radius 1 is 1.19 bits per heavy atom. The van der Waals surface area contributed by atoms with E-state index in [1.54, 1.807) is 41.6 Å². The van der Waals surface area contributed by atoms with Crippen LogP contribution in [0.4, 0.5) is 0 Å². The minimum absolute atomic E-state index is 0.305. The van der Waals surface area contributed by atoms with Gasteiger partial charge in [-0.1, -0.05) is 11.6 Å². The number of hydrogen-bond donors (Lipinski definition) is 1. The van der Waals surface area contributed by atoms with Crippen LogP contribution in [0.2, 0.25) is 5.02 Å². The van der Waals surface area contributed by atoms with Crippen LogP contribution >= 0.6 is 11.6 Å². The average molecular weight is 302 g/mol. The molecule has 8 heteroatoms. The Kier molecular flexibility index (Phi) is 3.59. The summed E-state index contributed by atoms with van der Waals surface area (Å²) in [5.74, 6) is 1.63. The number of aromatic nitrogens is 6. The Balaban J connectivity index is 2.11. The SMILES string of the molecule is CC(N)c1nc(-c2cnccn2)nn1-c1ccc(Cl)cn1. The van der Waals surface area contributed by atoms with Gasteiger partial charge in [-0.3, -0.25) is 4.98 Å². The zero-order valence-corrected chi connectivity index (χ0v) is 11.9. The summed E-state index contributed by atoms with van der Waals surface area (Å²) in [7, 11) is 0. The predicted molar refractivity (Wildman–Crippen MR) is 77.8 cm³/mol. The zero-order chi connectivity index (χ0) is 14.8. The van der Waals surface area contributed by atoms with Gasteiger partial charge in [0.2, 0.25) is 5.82 Å². The Bertz CT molecular complexity index is 737. The monoisotopic (exact) mass is 301 g/mol. The number of nitrogens with zero attached hydrogens (tertiary/aromatic N) is 6. The van der Waals surface area contributed by atoms with Gasteiger partial charge >= 0.3 is 0 Å². The van der Waals surface area contributed by atoms with Crippen LogP contribution in [-0.2, 0) is 0 Å². The molecule has 0 radical (unpaired) electrons. The van der Waals surface area contributed by atoms with Crippen molar-refractivity contribution in [3.8, 4) is 17.3 Å². The first-order valence-corrected chi connectivity index (χ1v) is 6.64. The van der Waals surface area contributed by atoms with Crippen LogP contribution in [-0.4, -0.2) is 29.7 Å². The summed E-state index contributed by atoms with van der Waals surface area (Å²) < 4.78 is 1.59. The van der Waals surface area contributed by atoms with Gasteiger partial charge in [0.15, 0.2) is 11.6 Å². The number of rotatable bonds is 3. The number of nitrogens with two attached hydrogens (primary N) is 1. The lowest BCUT2D eigenvalue weighted by molar-refractivity contribution is 0.681. The summed E-state index contributed by atoms with van der Waals surface area (Å²) in [5.41, 5.74) is 6.54. The molecule has 3 heterocycles.